The fraction of sp³-hybridized carbons (Fsp3) is 0.500. The Bertz CT molecular complexity index is 394. The van der Waals surface area contributed by atoms with Crippen LogP contribution in [0.5, 0.6) is 0 Å². The van der Waals surface area contributed by atoms with Gasteiger partial charge in [0.2, 0.25) is 0 Å². The number of hydrogen-bond donors (Lipinski definition) is 2. The first-order chi connectivity index (χ1) is 8.68. The molecular formula is C14H20N2O2. The molecule has 1 amide bonds. The molecule has 1 aliphatic rings. The van der Waals surface area contributed by atoms with E-state index < -0.39 is 6.09 Å². The molecule has 0 saturated carbocycles. The number of amides is 1. The first-order valence-electron chi connectivity index (χ1n) is 6.42. The number of rotatable bonds is 3. The summed E-state index contributed by atoms with van der Waals surface area (Å²) in [7, 11) is 0. The second kappa shape index (κ2) is 5.87. The summed E-state index contributed by atoms with van der Waals surface area (Å²) in [6.45, 7) is 4.33. The highest BCUT2D eigenvalue weighted by Crippen LogP contribution is 2.20. The Hall–Kier alpha value is -1.55. The summed E-state index contributed by atoms with van der Waals surface area (Å²) < 4.78 is 0. The van der Waals surface area contributed by atoms with E-state index in [4.69, 9.17) is 0 Å². The van der Waals surface area contributed by atoms with Crippen molar-refractivity contribution >= 4 is 6.09 Å². The predicted octanol–water partition coefficient (Wildman–Crippen LogP) is 2.16. The zero-order valence-electron chi connectivity index (χ0n) is 10.7. The standard InChI is InChI=1S/C14H20N2O2/c1-11-7-8-15-9-13(11)16(14(17)18)10-12-5-3-2-4-6-12/h2-6,11,13,15H,7-10H2,1H3,(H,17,18)/t11-,13-/m1/s1. The number of nitrogens with one attached hydrogen (secondary N) is 1. The number of hydrogen-bond acceptors (Lipinski definition) is 2. The van der Waals surface area contributed by atoms with Crippen molar-refractivity contribution in [2.24, 2.45) is 5.92 Å². The Labute approximate surface area is 108 Å². The molecular weight excluding hydrogens is 228 g/mol. The van der Waals surface area contributed by atoms with E-state index in [-0.39, 0.29) is 6.04 Å². The quantitative estimate of drug-likeness (QED) is 0.862. The molecule has 1 aromatic carbocycles. The molecule has 1 fully saturated rings. The Balaban J connectivity index is 2.10. The number of nitrogens with zero attached hydrogens (tertiary/aromatic N) is 1. The van der Waals surface area contributed by atoms with Gasteiger partial charge in [0, 0.05) is 13.1 Å². The van der Waals surface area contributed by atoms with Crippen molar-refractivity contribution in [3.05, 3.63) is 35.9 Å². The maximum absolute atomic E-state index is 11.4. The van der Waals surface area contributed by atoms with Gasteiger partial charge in [0.05, 0.1) is 6.04 Å². The first-order valence-corrected chi connectivity index (χ1v) is 6.42. The van der Waals surface area contributed by atoms with Crippen molar-refractivity contribution in [2.75, 3.05) is 13.1 Å². The molecule has 1 aliphatic heterocycles. The number of benzene rings is 1. The third-order valence-corrected chi connectivity index (χ3v) is 3.63. The van der Waals surface area contributed by atoms with Crippen LogP contribution < -0.4 is 5.32 Å². The van der Waals surface area contributed by atoms with Gasteiger partial charge >= 0.3 is 6.09 Å². The lowest BCUT2D eigenvalue weighted by atomic mass is 9.93. The minimum atomic E-state index is -0.834. The Morgan fingerprint density at radius 1 is 1.44 bits per heavy atom. The summed E-state index contributed by atoms with van der Waals surface area (Å²) in [5.41, 5.74) is 1.04. The van der Waals surface area contributed by atoms with Gasteiger partial charge in [-0.15, -0.1) is 0 Å². The van der Waals surface area contributed by atoms with E-state index >= 15 is 0 Å². The molecule has 0 radical (unpaired) electrons. The van der Waals surface area contributed by atoms with Crippen molar-refractivity contribution < 1.29 is 9.90 Å². The molecule has 0 unspecified atom stereocenters. The molecule has 18 heavy (non-hydrogen) atoms. The fourth-order valence-corrected chi connectivity index (χ4v) is 2.50. The molecule has 0 aliphatic carbocycles. The molecule has 2 atom stereocenters. The van der Waals surface area contributed by atoms with Crippen LogP contribution in [-0.2, 0) is 6.54 Å². The topological polar surface area (TPSA) is 52.6 Å². The van der Waals surface area contributed by atoms with Crippen LogP contribution >= 0.6 is 0 Å². The number of carbonyl (C=O) groups is 1. The van der Waals surface area contributed by atoms with Crippen LogP contribution in [0.2, 0.25) is 0 Å². The van der Waals surface area contributed by atoms with Gasteiger partial charge in [0.15, 0.2) is 0 Å². The third kappa shape index (κ3) is 3.01. The predicted molar refractivity (Wildman–Crippen MR) is 70.4 cm³/mol. The van der Waals surface area contributed by atoms with Crippen LogP contribution in [-0.4, -0.2) is 35.2 Å². The SMILES string of the molecule is C[C@@H]1CCNC[C@H]1N(Cc1ccccc1)C(=O)O. The third-order valence-electron chi connectivity index (χ3n) is 3.63. The second-order valence-electron chi connectivity index (χ2n) is 4.93. The minimum absolute atomic E-state index is 0.0662. The van der Waals surface area contributed by atoms with E-state index in [1.54, 1.807) is 4.90 Å². The second-order valence-corrected chi connectivity index (χ2v) is 4.93. The van der Waals surface area contributed by atoms with Gasteiger partial charge in [-0.25, -0.2) is 4.79 Å². The summed E-state index contributed by atoms with van der Waals surface area (Å²) in [4.78, 5) is 13.0. The zero-order chi connectivity index (χ0) is 13.0. The molecule has 1 aromatic rings. The molecule has 2 N–H and O–H groups in total. The van der Waals surface area contributed by atoms with Gasteiger partial charge in [0.25, 0.3) is 0 Å². The summed E-state index contributed by atoms with van der Waals surface area (Å²) in [5.74, 6) is 0.408. The monoisotopic (exact) mass is 248 g/mol. The van der Waals surface area contributed by atoms with Gasteiger partial charge in [-0.3, -0.25) is 4.90 Å². The van der Waals surface area contributed by atoms with Gasteiger partial charge in [0.1, 0.15) is 0 Å². The molecule has 1 saturated heterocycles. The fourth-order valence-electron chi connectivity index (χ4n) is 2.50. The highest BCUT2D eigenvalue weighted by atomic mass is 16.4. The molecule has 4 heteroatoms. The van der Waals surface area contributed by atoms with Gasteiger partial charge in [-0.2, -0.15) is 0 Å². The van der Waals surface area contributed by atoms with Crippen LogP contribution in [0, 0.1) is 5.92 Å². The number of carboxylic acid groups (broad SMARTS) is 1. The molecule has 0 bridgehead atoms. The first kappa shape index (κ1) is 12.9. The highest BCUT2D eigenvalue weighted by molar-refractivity contribution is 5.65. The number of piperidine rings is 1. The van der Waals surface area contributed by atoms with Crippen molar-refractivity contribution in [1.29, 1.82) is 0 Å². The van der Waals surface area contributed by atoms with E-state index in [2.05, 4.69) is 12.2 Å². The molecule has 0 spiro atoms. The maximum Gasteiger partial charge on any atom is 0.407 e. The lowest BCUT2D eigenvalue weighted by Crippen LogP contribution is -2.51. The summed E-state index contributed by atoms with van der Waals surface area (Å²) in [6.07, 6.45) is 0.197. The Morgan fingerprint density at radius 3 is 2.78 bits per heavy atom. The van der Waals surface area contributed by atoms with E-state index in [1.807, 2.05) is 30.3 Å². The van der Waals surface area contributed by atoms with E-state index in [1.165, 1.54) is 0 Å². The van der Waals surface area contributed by atoms with Crippen molar-refractivity contribution in [1.82, 2.24) is 10.2 Å². The molecule has 2 rings (SSSR count). The van der Waals surface area contributed by atoms with Gasteiger partial charge < -0.3 is 10.4 Å². The van der Waals surface area contributed by atoms with Crippen LogP contribution in [0.1, 0.15) is 18.9 Å². The van der Waals surface area contributed by atoms with Crippen LogP contribution in [0.4, 0.5) is 4.79 Å². The van der Waals surface area contributed by atoms with Gasteiger partial charge in [-0.1, -0.05) is 37.3 Å². The van der Waals surface area contributed by atoms with Crippen LogP contribution in [0.3, 0.4) is 0 Å². The van der Waals surface area contributed by atoms with Crippen molar-refractivity contribution in [2.45, 2.75) is 25.9 Å². The summed E-state index contributed by atoms with van der Waals surface area (Å²) >= 11 is 0. The molecule has 0 aromatic heterocycles. The van der Waals surface area contributed by atoms with E-state index in [0.717, 1.165) is 25.1 Å². The maximum atomic E-state index is 11.4. The average Bonchev–Trinajstić information content (AvgIpc) is 2.38. The van der Waals surface area contributed by atoms with Gasteiger partial charge in [-0.05, 0) is 24.4 Å². The lowest BCUT2D eigenvalue weighted by molar-refractivity contribution is 0.0913. The summed E-state index contributed by atoms with van der Waals surface area (Å²) in [5, 5.41) is 12.7. The van der Waals surface area contributed by atoms with E-state index in [0.29, 0.717) is 12.5 Å². The minimum Gasteiger partial charge on any atom is -0.465 e. The van der Waals surface area contributed by atoms with Crippen LogP contribution in [0.25, 0.3) is 0 Å². The lowest BCUT2D eigenvalue weighted by Gasteiger charge is -2.37. The normalized spacial score (nSPS) is 23.6. The molecule has 98 valence electrons. The zero-order valence-corrected chi connectivity index (χ0v) is 10.7. The smallest absolute Gasteiger partial charge is 0.407 e. The summed E-state index contributed by atoms with van der Waals surface area (Å²) in [6, 6.07) is 9.83. The van der Waals surface area contributed by atoms with Crippen LogP contribution in [0.15, 0.2) is 30.3 Å². The molecule has 4 nitrogen and oxygen atoms in total. The molecule has 1 heterocycles. The average molecular weight is 248 g/mol. The Morgan fingerprint density at radius 2 is 2.17 bits per heavy atom. The largest absolute Gasteiger partial charge is 0.465 e. The van der Waals surface area contributed by atoms with Crippen molar-refractivity contribution in [3.63, 3.8) is 0 Å². The van der Waals surface area contributed by atoms with E-state index in [9.17, 15) is 9.90 Å². The van der Waals surface area contributed by atoms with Crippen molar-refractivity contribution in [3.8, 4) is 0 Å². The highest BCUT2D eigenvalue weighted by Gasteiger charge is 2.30. The Kier molecular flexibility index (Phi) is 4.20.